The third kappa shape index (κ3) is 3.69. The van der Waals surface area contributed by atoms with Gasteiger partial charge in [-0.2, -0.15) is 0 Å². The molecule has 0 amide bonds. The van der Waals surface area contributed by atoms with Crippen molar-refractivity contribution in [1.29, 1.82) is 0 Å². The summed E-state index contributed by atoms with van der Waals surface area (Å²) in [5.41, 5.74) is 0. The number of nitrogens with zero attached hydrogens (tertiary/aromatic N) is 1. The fraction of sp³-hybridized carbons (Fsp3) is 1.00. The van der Waals surface area contributed by atoms with Crippen LogP contribution in [0.2, 0.25) is 0 Å². The molecule has 0 aromatic heterocycles. The number of nitrogens with one attached hydrogen (secondary N) is 1. The van der Waals surface area contributed by atoms with Crippen LogP contribution in [0.1, 0.15) is 58.8 Å². The van der Waals surface area contributed by atoms with E-state index in [0.717, 1.165) is 18.0 Å². The summed E-state index contributed by atoms with van der Waals surface area (Å²) < 4.78 is 0. The van der Waals surface area contributed by atoms with Gasteiger partial charge in [-0.25, -0.2) is 0 Å². The Hall–Kier alpha value is -0.0800. The zero-order valence-electron chi connectivity index (χ0n) is 11.8. The van der Waals surface area contributed by atoms with Gasteiger partial charge in [0, 0.05) is 18.6 Å². The first-order chi connectivity index (χ1) is 8.31. The minimum Gasteiger partial charge on any atom is -0.312 e. The van der Waals surface area contributed by atoms with Crippen LogP contribution in [-0.4, -0.2) is 36.6 Å². The van der Waals surface area contributed by atoms with Gasteiger partial charge in [0.15, 0.2) is 0 Å². The maximum atomic E-state index is 3.86. The average Bonchev–Trinajstić information content (AvgIpc) is 2.90. The molecule has 1 heterocycles. The predicted molar refractivity (Wildman–Crippen MR) is 74.3 cm³/mol. The average molecular weight is 238 g/mol. The van der Waals surface area contributed by atoms with E-state index in [9.17, 15) is 0 Å². The highest BCUT2D eigenvalue weighted by atomic mass is 15.2. The Labute approximate surface area is 107 Å². The van der Waals surface area contributed by atoms with Gasteiger partial charge in [0.25, 0.3) is 0 Å². The van der Waals surface area contributed by atoms with Crippen molar-refractivity contribution >= 4 is 0 Å². The molecule has 2 aliphatic rings. The highest BCUT2D eigenvalue weighted by Crippen LogP contribution is 2.26. The Bertz CT molecular complexity index is 211. The van der Waals surface area contributed by atoms with E-state index in [1.165, 1.54) is 64.6 Å². The Kier molecular flexibility index (Phi) is 5.30. The van der Waals surface area contributed by atoms with Crippen molar-refractivity contribution in [2.24, 2.45) is 5.92 Å². The molecule has 0 aromatic rings. The van der Waals surface area contributed by atoms with Gasteiger partial charge < -0.3 is 5.32 Å². The number of rotatable bonds is 5. The first-order valence-corrected chi connectivity index (χ1v) is 7.78. The molecule has 2 rings (SSSR count). The van der Waals surface area contributed by atoms with Crippen LogP contribution < -0.4 is 5.32 Å². The molecule has 1 N–H and O–H groups in total. The van der Waals surface area contributed by atoms with Crippen molar-refractivity contribution in [2.45, 2.75) is 70.9 Å². The van der Waals surface area contributed by atoms with E-state index in [2.05, 4.69) is 24.1 Å². The molecule has 17 heavy (non-hydrogen) atoms. The van der Waals surface area contributed by atoms with E-state index in [1.54, 1.807) is 0 Å². The van der Waals surface area contributed by atoms with E-state index < -0.39 is 0 Å². The van der Waals surface area contributed by atoms with Crippen LogP contribution in [0.4, 0.5) is 0 Å². The smallest absolute Gasteiger partial charge is 0.0192 e. The van der Waals surface area contributed by atoms with Crippen molar-refractivity contribution in [2.75, 3.05) is 19.6 Å². The van der Waals surface area contributed by atoms with Crippen molar-refractivity contribution < 1.29 is 0 Å². The highest BCUT2D eigenvalue weighted by Gasteiger charge is 2.24. The van der Waals surface area contributed by atoms with Crippen molar-refractivity contribution in [3.05, 3.63) is 0 Å². The molecule has 2 fully saturated rings. The van der Waals surface area contributed by atoms with Gasteiger partial charge >= 0.3 is 0 Å². The molecule has 0 bridgehead atoms. The van der Waals surface area contributed by atoms with Gasteiger partial charge in [0.05, 0.1) is 0 Å². The molecule has 0 aromatic carbocycles. The molecule has 100 valence electrons. The summed E-state index contributed by atoms with van der Waals surface area (Å²) >= 11 is 0. The molecule has 2 nitrogen and oxygen atoms in total. The summed E-state index contributed by atoms with van der Waals surface area (Å²) in [4.78, 5) is 2.65. The normalized spacial score (nSPS) is 32.8. The Balaban J connectivity index is 1.72. The van der Waals surface area contributed by atoms with E-state index in [0.29, 0.717) is 0 Å². The van der Waals surface area contributed by atoms with E-state index in [-0.39, 0.29) is 0 Å². The SMILES string of the molecule is CCC1CCCCC1NCC(C)N1CCCC1. The molecule has 1 aliphatic carbocycles. The third-order valence-electron chi connectivity index (χ3n) is 4.87. The van der Waals surface area contributed by atoms with Gasteiger partial charge in [-0.3, -0.25) is 4.90 Å². The molecular weight excluding hydrogens is 208 g/mol. The standard InChI is InChI=1S/C15H30N2/c1-3-14-8-4-5-9-15(14)16-12-13(2)17-10-6-7-11-17/h13-16H,3-12H2,1-2H3. The lowest BCUT2D eigenvalue weighted by molar-refractivity contribution is 0.209. The van der Waals surface area contributed by atoms with Gasteiger partial charge in [0.2, 0.25) is 0 Å². The Morgan fingerprint density at radius 1 is 1.12 bits per heavy atom. The Morgan fingerprint density at radius 2 is 1.82 bits per heavy atom. The monoisotopic (exact) mass is 238 g/mol. The number of likely N-dealkylation sites (tertiary alicyclic amines) is 1. The third-order valence-corrected chi connectivity index (χ3v) is 4.87. The summed E-state index contributed by atoms with van der Waals surface area (Å²) in [6, 6.07) is 1.54. The molecule has 0 radical (unpaired) electrons. The van der Waals surface area contributed by atoms with Gasteiger partial charge in [-0.1, -0.05) is 26.2 Å². The molecule has 1 saturated carbocycles. The summed E-state index contributed by atoms with van der Waals surface area (Å²) in [5, 5.41) is 3.86. The second-order valence-electron chi connectivity index (χ2n) is 6.06. The summed E-state index contributed by atoms with van der Waals surface area (Å²) in [5.74, 6) is 0.939. The van der Waals surface area contributed by atoms with Gasteiger partial charge in [-0.05, 0) is 51.6 Å². The lowest BCUT2D eigenvalue weighted by Crippen LogP contribution is -2.45. The van der Waals surface area contributed by atoms with Crippen LogP contribution in [-0.2, 0) is 0 Å². The largest absolute Gasteiger partial charge is 0.312 e. The zero-order chi connectivity index (χ0) is 12.1. The fourth-order valence-electron chi connectivity index (χ4n) is 3.60. The van der Waals surface area contributed by atoms with Crippen molar-refractivity contribution in [3.63, 3.8) is 0 Å². The summed E-state index contributed by atoms with van der Waals surface area (Å²) in [7, 11) is 0. The summed E-state index contributed by atoms with van der Waals surface area (Å²) in [6.45, 7) is 8.59. The molecular formula is C15H30N2. The van der Waals surface area contributed by atoms with Gasteiger partial charge in [-0.15, -0.1) is 0 Å². The lowest BCUT2D eigenvalue weighted by atomic mass is 9.83. The zero-order valence-corrected chi connectivity index (χ0v) is 11.8. The number of hydrogen-bond donors (Lipinski definition) is 1. The van der Waals surface area contributed by atoms with Crippen molar-refractivity contribution in [3.8, 4) is 0 Å². The lowest BCUT2D eigenvalue weighted by Gasteiger charge is -2.34. The van der Waals surface area contributed by atoms with E-state index in [1.807, 2.05) is 0 Å². The maximum Gasteiger partial charge on any atom is 0.0192 e. The van der Waals surface area contributed by atoms with Crippen LogP contribution in [0.25, 0.3) is 0 Å². The minimum absolute atomic E-state index is 0.733. The van der Waals surface area contributed by atoms with Gasteiger partial charge in [0.1, 0.15) is 0 Å². The van der Waals surface area contributed by atoms with Crippen LogP contribution in [0, 0.1) is 5.92 Å². The van der Waals surface area contributed by atoms with Crippen LogP contribution in [0.5, 0.6) is 0 Å². The fourth-order valence-corrected chi connectivity index (χ4v) is 3.60. The van der Waals surface area contributed by atoms with E-state index >= 15 is 0 Å². The number of hydrogen-bond acceptors (Lipinski definition) is 2. The topological polar surface area (TPSA) is 15.3 Å². The summed E-state index contributed by atoms with van der Waals surface area (Å²) in [6.07, 6.45) is 9.93. The van der Waals surface area contributed by atoms with Crippen LogP contribution in [0.15, 0.2) is 0 Å². The van der Waals surface area contributed by atoms with Crippen molar-refractivity contribution in [1.82, 2.24) is 10.2 Å². The van der Waals surface area contributed by atoms with E-state index in [4.69, 9.17) is 0 Å². The molecule has 1 saturated heterocycles. The molecule has 3 atom stereocenters. The first-order valence-electron chi connectivity index (χ1n) is 7.78. The minimum atomic E-state index is 0.733. The molecule has 2 heteroatoms. The highest BCUT2D eigenvalue weighted by molar-refractivity contribution is 4.82. The molecule has 3 unspecified atom stereocenters. The van der Waals surface area contributed by atoms with Crippen LogP contribution in [0.3, 0.4) is 0 Å². The first kappa shape index (κ1) is 13.4. The maximum absolute atomic E-state index is 3.86. The molecule has 1 aliphatic heterocycles. The second-order valence-corrected chi connectivity index (χ2v) is 6.06. The predicted octanol–water partition coefficient (Wildman–Crippen LogP) is 3.03. The Morgan fingerprint density at radius 3 is 2.53 bits per heavy atom. The molecule has 0 spiro atoms. The van der Waals surface area contributed by atoms with Crippen LogP contribution >= 0.6 is 0 Å². The second kappa shape index (κ2) is 6.75. The quantitative estimate of drug-likeness (QED) is 0.792.